The minimum absolute atomic E-state index is 0.0172. The van der Waals surface area contributed by atoms with E-state index >= 15 is 0 Å². The summed E-state index contributed by atoms with van der Waals surface area (Å²) in [7, 11) is -4.15. The molecular weight excluding hydrogens is 492 g/mol. The third-order valence-electron chi connectivity index (χ3n) is 4.59. The Hall–Kier alpha value is -2.41. The average Bonchev–Trinajstić information content (AvgIpc) is 3.44. The number of aromatic nitrogens is 1. The van der Waals surface area contributed by atoms with Crippen LogP contribution in [-0.2, 0) is 14.8 Å². The highest BCUT2D eigenvalue weighted by Crippen LogP contribution is 2.49. The predicted octanol–water partition coefficient (Wildman–Crippen LogP) is 4.76. The smallest absolute Gasteiger partial charge is 0.282 e. The van der Waals surface area contributed by atoms with Gasteiger partial charge in [0.05, 0.1) is 4.90 Å². The van der Waals surface area contributed by atoms with Crippen molar-refractivity contribution in [2.24, 2.45) is 4.40 Å². The lowest BCUT2D eigenvalue weighted by Gasteiger charge is -2.19. The monoisotopic (exact) mass is 508 g/mol. The van der Waals surface area contributed by atoms with Crippen molar-refractivity contribution in [1.82, 2.24) is 9.88 Å². The zero-order valence-corrected chi connectivity index (χ0v) is 20.2. The molecule has 1 aromatic heterocycles. The summed E-state index contributed by atoms with van der Waals surface area (Å²) in [5, 5.41) is 3.23. The van der Waals surface area contributed by atoms with Gasteiger partial charge in [-0.2, -0.15) is 8.42 Å². The molecule has 0 bridgehead atoms. The van der Waals surface area contributed by atoms with Crippen LogP contribution < -0.4 is 4.90 Å². The highest BCUT2D eigenvalue weighted by molar-refractivity contribution is 8.20. The number of hydrogen-bond donors (Lipinski definition) is 0. The molecule has 166 valence electrons. The van der Waals surface area contributed by atoms with Crippen molar-refractivity contribution in [3.8, 4) is 0 Å². The first kappa shape index (κ1) is 22.8. The fraction of sp³-hybridized carbons (Fsp3) is 0.150. The zero-order chi connectivity index (χ0) is 23.0. The van der Waals surface area contributed by atoms with Crippen molar-refractivity contribution >= 4 is 61.1 Å². The summed E-state index contributed by atoms with van der Waals surface area (Å²) in [6, 6.07) is 4.38. The molecule has 2 aliphatic heterocycles. The number of amides is 1. The molecule has 0 radical (unpaired) electrons. The first-order valence-corrected chi connectivity index (χ1v) is 13.2. The molecule has 2 aromatic rings. The maximum atomic E-state index is 13.3. The molecule has 0 unspecified atom stereocenters. The Labute approximate surface area is 197 Å². The van der Waals surface area contributed by atoms with Gasteiger partial charge in [0.1, 0.15) is 15.8 Å². The fourth-order valence-corrected chi connectivity index (χ4v) is 7.12. The van der Waals surface area contributed by atoms with Crippen LogP contribution in [0.25, 0.3) is 0 Å². The number of amidine groups is 1. The van der Waals surface area contributed by atoms with Gasteiger partial charge in [-0.05, 0) is 49.9 Å². The summed E-state index contributed by atoms with van der Waals surface area (Å²) < 4.78 is 42.7. The van der Waals surface area contributed by atoms with Gasteiger partial charge in [-0.15, -0.1) is 22.3 Å². The molecule has 2 aliphatic rings. The predicted molar refractivity (Wildman–Crippen MR) is 128 cm³/mol. The van der Waals surface area contributed by atoms with Gasteiger partial charge in [0, 0.05) is 28.7 Å². The van der Waals surface area contributed by atoms with E-state index in [9.17, 15) is 17.6 Å². The molecule has 1 fully saturated rings. The zero-order valence-electron chi connectivity index (χ0n) is 17.0. The number of anilines is 1. The molecule has 1 aromatic carbocycles. The van der Waals surface area contributed by atoms with Crippen molar-refractivity contribution in [2.45, 2.75) is 18.7 Å². The maximum Gasteiger partial charge on any atom is 0.284 e. The lowest BCUT2D eigenvalue weighted by Crippen LogP contribution is -2.30. The van der Waals surface area contributed by atoms with Crippen LogP contribution in [0, 0.1) is 5.82 Å². The summed E-state index contributed by atoms with van der Waals surface area (Å²) in [4.78, 5) is 22.0. The number of carbonyl (C=O) groups excluding carboxylic acids is 1. The van der Waals surface area contributed by atoms with Crippen LogP contribution >= 0.6 is 34.9 Å². The molecule has 12 heteroatoms. The Morgan fingerprint density at radius 2 is 1.94 bits per heavy atom. The number of halogens is 1. The molecule has 0 atom stereocenters. The molecule has 0 aliphatic carbocycles. The van der Waals surface area contributed by atoms with Crippen LogP contribution in [0.4, 0.5) is 9.52 Å². The SMILES string of the molecule is C=CCN1C(=O)C(=C2SC(C)=C(C)N2c2nccs2)SC1=NS(=O)(=O)c1ccc(F)cc1. The number of allylic oxidation sites excluding steroid dienone is 2. The third-order valence-corrected chi connectivity index (χ3v) is 9.12. The van der Waals surface area contributed by atoms with Crippen LogP contribution in [-0.4, -0.2) is 35.9 Å². The average molecular weight is 509 g/mol. The second kappa shape index (κ2) is 8.85. The Morgan fingerprint density at radius 3 is 2.56 bits per heavy atom. The van der Waals surface area contributed by atoms with Crippen molar-refractivity contribution in [3.05, 3.63) is 74.9 Å². The largest absolute Gasteiger partial charge is 0.284 e. The van der Waals surface area contributed by atoms with E-state index < -0.39 is 15.8 Å². The van der Waals surface area contributed by atoms with E-state index in [1.807, 2.05) is 24.1 Å². The molecule has 4 rings (SSSR count). The molecule has 32 heavy (non-hydrogen) atoms. The van der Waals surface area contributed by atoms with Gasteiger partial charge in [0.15, 0.2) is 10.3 Å². The summed E-state index contributed by atoms with van der Waals surface area (Å²) >= 11 is 3.85. The Morgan fingerprint density at radius 1 is 1.22 bits per heavy atom. The molecule has 7 nitrogen and oxygen atoms in total. The Balaban J connectivity index is 1.79. The molecule has 1 amide bonds. The quantitative estimate of drug-likeness (QED) is 0.425. The van der Waals surface area contributed by atoms with Crippen LogP contribution in [0.5, 0.6) is 0 Å². The van der Waals surface area contributed by atoms with E-state index in [2.05, 4.69) is 16.0 Å². The Bertz CT molecular complexity index is 1280. The van der Waals surface area contributed by atoms with Gasteiger partial charge in [-0.3, -0.25) is 14.6 Å². The van der Waals surface area contributed by atoms with Gasteiger partial charge < -0.3 is 0 Å². The highest BCUT2D eigenvalue weighted by Gasteiger charge is 2.40. The normalized spacial score (nSPS) is 20.7. The van der Waals surface area contributed by atoms with Gasteiger partial charge in [0.25, 0.3) is 15.9 Å². The van der Waals surface area contributed by atoms with Gasteiger partial charge in [-0.1, -0.05) is 17.8 Å². The van der Waals surface area contributed by atoms with Crippen LogP contribution in [0.15, 0.2) is 78.3 Å². The highest BCUT2D eigenvalue weighted by atomic mass is 32.2. The fourth-order valence-electron chi connectivity index (χ4n) is 2.93. The van der Waals surface area contributed by atoms with E-state index in [4.69, 9.17) is 0 Å². The lowest BCUT2D eigenvalue weighted by molar-refractivity contribution is -0.121. The number of carbonyl (C=O) groups is 1. The minimum atomic E-state index is -4.15. The standard InChI is InChI=1S/C20H17FN4O3S4/c1-4-10-24-17(26)16(18-25(12(2)13(3)30-18)19-22-9-11-29-19)31-20(24)23-32(27,28)15-7-5-14(21)6-8-15/h4-9,11H,1,10H2,2-3H3. The van der Waals surface area contributed by atoms with Gasteiger partial charge in [-0.25, -0.2) is 9.37 Å². The lowest BCUT2D eigenvalue weighted by atomic mass is 10.4. The van der Waals surface area contributed by atoms with Crippen LogP contribution in [0.2, 0.25) is 0 Å². The summed E-state index contributed by atoms with van der Waals surface area (Å²) in [6.45, 7) is 7.65. The number of rotatable bonds is 5. The summed E-state index contributed by atoms with van der Waals surface area (Å²) in [6.07, 6.45) is 3.19. The topological polar surface area (TPSA) is 82.9 Å². The minimum Gasteiger partial charge on any atom is -0.282 e. The number of benzene rings is 1. The van der Waals surface area contributed by atoms with E-state index in [1.165, 1.54) is 34.1 Å². The molecule has 0 spiro atoms. The Kier molecular flexibility index (Phi) is 6.30. The summed E-state index contributed by atoms with van der Waals surface area (Å²) in [5.41, 5.74) is 0.945. The second-order valence-electron chi connectivity index (χ2n) is 6.64. The second-order valence-corrected chi connectivity index (χ2v) is 11.3. The van der Waals surface area contributed by atoms with Crippen molar-refractivity contribution < 1.29 is 17.6 Å². The maximum absolute atomic E-state index is 13.3. The molecule has 3 heterocycles. The number of nitrogens with zero attached hydrogens (tertiary/aromatic N) is 4. The molecular formula is C20H17FN4O3S4. The van der Waals surface area contributed by atoms with E-state index in [1.54, 1.807) is 6.20 Å². The first-order chi connectivity index (χ1) is 15.2. The van der Waals surface area contributed by atoms with E-state index in [0.717, 1.165) is 46.6 Å². The molecule has 0 N–H and O–H groups in total. The first-order valence-electron chi connectivity index (χ1n) is 9.23. The van der Waals surface area contributed by atoms with E-state index in [0.29, 0.717) is 15.1 Å². The van der Waals surface area contributed by atoms with Crippen molar-refractivity contribution in [1.29, 1.82) is 0 Å². The van der Waals surface area contributed by atoms with Crippen molar-refractivity contribution in [2.75, 3.05) is 11.4 Å². The van der Waals surface area contributed by atoms with E-state index in [-0.39, 0.29) is 22.5 Å². The third kappa shape index (κ3) is 4.15. The number of hydrogen-bond acceptors (Lipinski definition) is 8. The number of thioether (sulfide) groups is 2. The van der Waals surface area contributed by atoms with Gasteiger partial charge >= 0.3 is 0 Å². The molecule has 0 saturated carbocycles. The number of thiazole rings is 1. The van der Waals surface area contributed by atoms with Crippen LogP contribution in [0.3, 0.4) is 0 Å². The van der Waals surface area contributed by atoms with Crippen molar-refractivity contribution in [3.63, 3.8) is 0 Å². The van der Waals surface area contributed by atoms with Gasteiger partial charge in [0.2, 0.25) is 0 Å². The van der Waals surface area contributed by atoms with Crippen LogP contribution in [0.1, 0.15) is 13.8 Å². The summed E-state index contributed by atoms with van der Waals surface area (Å²) in [5.74, 6) is -0.921. The number of sulfonamides is 1. The molecule has 1 saturated heterocycles.